The largest absolute Gasteiger partial charge is 0.385 e. The molecule has 0 radical (unpaired) electrons. The van der Waals surface area contributed by atoms with Gasteiger partial charge in [-0.3, -0.25) is 9.59 Å². The molecule has 0 aromatic heterocycles. The van der Waals surface area contributed by atoms with Crippen LogP contribution in [-0.4, -0.2) is 56.1 Å². The first kappa shape index (κ1) is 16.9. The van der Waals surface area contributed by atoms with Crippen molar-refractivity contribution in [2.45, 2.75) is 38.8 Å². The molecule has 0 rings (SSSR count). The molecular weight excluding hydrogens is 234 g/mol. The zero-order valence-electron chi connectivity index (χ0n) is 11.7. The van der Waals surface area contributed by atoms with Gasteiger partial charge in [0.2, 0.25) is 11.8 Å². The van der Waals surface area contributed by atoms with E-state index in [0.29, 0.717) is 13.0 Å². The molecule has 1 unspecified atom stereocenters. The molecule has 0 aromatic rings. The Morgan fingerprint density at radius 1 is 1.39 bits per heavy atom. The van der Waals surface area contributed by atoms with Gasteiger partial charge in [-0.15, -0.1) is 0 Å². The topological polar surface area (TPSA) is 84.7 Å². The van der Waals surface area contributed by atoms with E-state index in [1.807, 2.05) is 13.8 Å². The van der Waals surface area contributed by atoms with E-state index in [1.165, 1.54) is 4.90 Å². The number of methoxy groups -OCH3 is 1. The summed E-state index contributed by atoms with van der Waals surface area (Å²) in [6.07, 6.45) is 1.29. The Kier molecular flexibility index (Phi) is 8.32. The average molecular weight is 259 g/mol. The van der Waals surface area contributed by atoms with Crippen LogP contribution < -0.4 is 11.1 Å². The van der Waals surface area contributed by atoms with Gasteiger partial charge < -0.3 is 20.7 Å². The third kappa shape index (κ3) is 7.24. The molecule has 106 valence electrons. The van der Waals surface area contributed by atoms with Crippen LogP contribution in [0.3, 0.4) is 0 Å². The van der Waals surface area contributed by atoms with E-state index in [1.54, 1.807) is 14.2 Å². The van der Waals surface area contributed by atoms with Gasteiger partial charge in [0.15, 0.2) is 0 Å². The van der Waals surface area contributed by atoms with Gasteiger partial charge in [-0.25, -0.2) is 0 Å². The molecule has 0 aromatic carbocycles. The SMILES string of the molecule is COCCCC(N)C(=O)N(C)CC(=O)NC(C)C. The maximum absolute atomic E-state index is 11.8. The molecule has 0 saturated carbocycles. The highest BCUT2D eigenvalue weighted by Crippen LogP contribution is 1.99. The van der Waals surface area contributed by atoms with Crippen molar-refractivity contribution in [1.29, 1.82) is 0 Å². The number of likely N-dealkylation sites (N-methyl/N-ethyl adjacent to an activating group) is 1. The molecule has 0 saturated heterocycles. The number of nitrogens with two attached hydrogens (primary N) is 1. The summed E-state index contributed by atoms with van der Waals surface area (Å²) in [4.78, 5) is 24.7. The van der Waals surface area contributed by atoms with E-state index >= 15 is 0 Å². The Morgan fingerprint density at radius 2 is 2.00 bits per heavy atom. The molecule has 0 fully saturated rings. The number of nitrogens with zero attached hydrogens (tertiary/aromatic N) is 1. The van der Waals surface area contributed by atoms with E-state index in [-0.39, 0.29) is 24.4 Å². The highest BCUT2D eigenvalue weighted by molar-refractivity contribution is 5.87. The fraction of sp³-hybridized carbons (Fsp3) is 0.833. The number of carbonyl (C=O) groups excluding carboxylic acids is 2. The lowest BCUT2D eigenvalue weighted by Crippen LogP contribution is -2.46. The summed E-state index contributed by atoms with van der Waals surface area (Å²) in [6, 6.07) is -0.506. The number of amides is 2. The monoisotopic (exact) mass is 259 g/mol. The predicted octanol–water partition coefficient (Wildman–Crippen LogP) is -0.277. The van der Waals surface area contributed by atoms with Crippen molar-refractivity contribution in [3.8, 4) is 0 Å². The summed E-state index contributed by atoms with van der Waals surface area (Å²) in [5.74, 6) is -0.394. The van der Waals surface area contributed by atoms with Crippen molar-refractivity contribution in [1.82, 2.24) is 10.2 Å². The van der Waals surface area contributed by atoms with Crippen LogP contribution >= 0.6 is 0 Å². The Morgan fingerprint density at radius 3 is 2.50 bits per heavy atom. The van der Waals surface area contributed by atoms with Gasteiger partial charge in [0.05, 0.1) is 12.6 Å². The second-order valence-corrected chi connectivity index (χ2v) is 4.66. The van der Waals surface area contributed by atoms with Crippen molar-refractivity contribution < 1.29 is 14.3 Å². The Hall–Kier alpha value is -1.14. The summed E-state index contributed by atoms with van der Waals surface area (Å²) in [5, 5.41) is 2.73. The second-order valence-electron chi connectivity index (χ2n) is 4.66. The number of hydrogen-bond donors (Lipinski definition) is 2. The summed E-state index contributed by atoms with van der Waals surface area (Å²) >= 11 is 0. The molecule has 0 spiro atoms. The molecular formula is C12H25N3O3. The molecule has 0 bridgehead atoms. The van der Waals surface area contributed by atoms with Crippen molar-refractivity contribution in [2.75, 3.05) is 27.3 Å². The quantitative estimate of drug-likeness (QED) is 0.587. The lowest BCUT2D eigenvalue weighted by atomic mass is 10.1. The maximum Gasteiger partial charge on any atom is 0.239 e. The van der Waals surface area contributed by atoms with E-state index < -0.39 is 6.04 Å². The van der Waals surface area contributed by atoms with E-state index in [9.17, 15) is 9.59 Å². The normalized spacial score (nSPS) is 12.3. The zero-order chi connectivity index (χ0) is 14.1. The zero-order valence-corrected chi connectivity index (χ0v) is 11.7. The van der Waals surface area contributed by atoms with Gasteiger partial charge in [0, 0.05) is 26.8 Å². The van der Waals surface area contributed by atoms with Crippen LogP contribution in [-0.2, 0) is 14.3 Å². The van der Waals surface area contributed by atoms with Crippen molar-refractivity contribution in [2.24, 2.45) is 5.73 Å². The van der Waals surface area contributed by atoms with Crippen LogP contribution in [0.25, 0.3) is 0 Å². The second kappa shape index (κ2) is 8.88. The van der Waals surface area contributed by atoms with Gasteiger partial charge in [0.25, 0.3) is 0 Å². The standard InChI is InChI=1S/C12H25N3O3/c1-9(2)14-11(16)8-15(3)12(17)10(13)6-5-7-18-4/h9-10H,5-8,13H2,1-4H3,(H,14,16). The minimum Gasteiger partial charge on any atom is -0.385 e. The summed E-state index contributed by atoms with van der Waals surface area (Å²) < 4.78 is 4.90. The Balaban J connectivity index is 4.04. The van der Waals surface area contributed by atoms with Crippen molar-refractivity contribution in [3.63, 3.8) is 0 Å². The molecule has 0 aliphatic heterocycles. The van der Waals surface area contributed by atoms with E-state index in [2.05, 4.69) is 5.32 Å². The van der Waals surface area contributed by atoms with Crippen LogP contribution in [0.4, 0.5) is 0 Å². The minimum atomic E-state index is -0.572. The molecule has 0 aliphatic rings. The van der Waals surface area contributed by atoms with Gasteiger partial charge in [-0.2, -0.15) is 0 Å². The van der Waals surface area contributed by atoms with Gasteiger partial charge in [0.1, 0.15) is 0 Å². The predicted molar refractivity (Wildman–Crippen MR) is 70.0 cm³/mol. The summed E-state index contributed by atoms with van der Waals surface area (Å²) in [6.45, 7) is 4.36. The average Bonchev–Trinajstić information content (AvgIpc) is 2.26. The third-order valence-electron chi connectivity index (χ3n) is 2.39. The van der Waals surface area contributed by atoms with Gasteiger partial charge >= 0.3 is 0 Å². The number of hydrogen-bond acceptors (Lipinski definition) is 4. The van der Waals surface area contributed by atoms with Gasteiger partial charge in [-0.1, -0.05) is 0 Å². The number of nitrogens with one attached hydrogen (secondary N) is 1. The van der Waals surface area contributed by atoms with Crippen LogP contribution in [0, 0.1) is 0 Å². The van der Waals surface area contributed by atoms with E-state index in [4.69, 9.17) is 10.5 Å². The highest BCUT2D eigenvalue weighted by Gasteiger charge is 2.19. The summed E-state index contributed by atoms with van der Waals surface area (Å²) in [5.41, 5.74) is 5.76. The minimum absolute atomic E-state index is 0.0367. The van der Waals surface area contributed by atoms with Crippen molar-refractivity contribution in [3.05, 3.63) is 0 Å². The lowest BCUT2D eigenvalue weighted by molar-refractivity contribution is -0.136. The molecule has 1 atom stereocenters. The van der Waals surface area contributed by atoms with Crippen LogP contribution in [0.15, 0.2) is 0 Å². The van der Waals surface area contributed by atoms with Crippen molar-refractivity contribution >= 4 is 11.8 Å². The molecule has 6 heteroatoms. The first-order chi connectivity index (χ1) is 8.38. The van der Waals surface area contributed by atoms with Crippen LogP contribution in [0.2, 0.25) is 0 Å². The fourth-order valence-corrected chi connectivity index (χ4v) is 1.52. The maximum atomic E-state index is 11.8. The smallest absolute Gasteiger partial charge is 0.239 e. The highest BCUT2D eigenvalue weighted by atomic mass is 16.5. The van der Waals surface area contributed by atoms with Crippen LogP contribution in [0.5, 0.6) is 0 Å². The molecule has 6 nitrogen and oxygen atoms in total. The molecule has 2 amide bonds. The molecule has 0 aliphatic carbocycles. The van der Waals surface area contributed by atoms with Gasteiger partial charge in [-0.05, 0) is 26.7 Å². The van der Waals surface area contributed by atoms with E-state index in [0.717, 1.165) is 6.42 Å². The third-order valence-corrected chi connectivity index (χ3v) is 2.39. The number of rotatable bonds is 8. The number of ether oxygens (including phenoxy) is 1. The first-order valence-corrected chi connectivity index (χ1v) is 6.17. The Bertz CT molecular complexity index is 269. The molecule has 0 heterocycles. The molecule has 3 N–H and O–H groups in total. The lowest BCUT2D eigenvalue weighted by Gasteiger charge is -2.21. The first-order valence-electron chi connectivity index (χ1n) is 6.17. The fourth-order valence-electron chi connectivity index (χ4n) is 1.52. The van der Waals surface area contributed by atoms with Crippen LogP contribution in [0.1, 0.15) is 26.7 Å². The molecule has 18 heavy (non-hydrogen) atoms. The summed E-state index contributed by atoms with van der Waals surface area (Å²) in [7, 11) is 3.19. The number of carbonyl (C=O) groups is 2. The Labute approximate surface area is 109 Å².